The molecule has 2 heterocycles. The SMILES string of the molecule is CC(=O)C1CCC(c2cc(C(F)(F)F)ccc2CN2CCC3(CCN(C(=O)OC(C(F)(F)F)C(F)(F)F)CC3)C2)CC1. The number of ketones is 1. The summed E-state index contributed by atoms with van der Waals surface area (Å²) in [5.74, 6) is -0.106. The third-order valence-electron chi connectivity index (χ3n) is 9.02. The molecular weight excluding hydrogens is 583 g/mol. The number of piperidine rings is 1. The Morgan fingerprint density at radius 3 is 2.00 bits per heavy atom. The molecule has 0 radical (unpaired) electrons. The van der Waals surface area contributed by atoms with Crippen molar-refractivity contribution in [2.75, 3.05) is 26.2 Å². The zero-order chi connectivity index (χ0) is 31.1. The molecule has 1 aliphatic carbocycles. The molecule has 0 bridgehead atoms. The second-order valence-corrected chi connectivity index (χ2v) is 11.9. The van der Waals surface area contributed by atoms with Crippen molar-refractivity contribution < 1.29 is 53.8 Å². The number of carbonyl (C=O) groups is 2. The highest BCUT2D eigenvalue weighted by Gasteiger charge is 2.60. The molecular formula is C28H33F9N2O3. The number of likely N-dealkylation sites (tertiary alicyclic amines) is 2. The summed E-state index contributed by atoms with van der Waals surface area (Å²) < 4.78 is 121. The smallest absolute Gasteiger partial charge is 0.426 e. The van der Waals surface area contributed by atoms with E-state index in [9.17, 15) is 49.1 Å². The third-order valence-corrected chi connectivity index (χ3v) is 9.02. The Balaban J connectivity index is 1.40. The molecule has 14 heteroatoms. The minimum atomic E-state index is -5.79. The van der Waals surface area contributed by atoms with Gasteiger partial charge < -0.3 is 9.64 Å². The fraction of sp³-hybridized carbons (Fsp3) is 0.714. The van der Waals surface area contributed by atoms with Gasteiger partial charge in [-0.2, -0.15) is 39.5 Å². The van der Waals surface area contributed by atoms with E-state index in [-0.39, 0.29) is 36.1 Å². The van der Waals surface area contributed by atoms with Crippen LogP contribution >= 0.6 is 0 Å². The van der Waals surface area contributed by atoms with Crippen molar-refractivity contribution >= 4 is 11.9 Å². The fourth-order valence-electron chi connectivity index (χ4n) is 6.58. The van der Waals surface area contributed by atoms with Crippen LogP contribution in [0, 0.1) is 11.3 Å². The number of nitrogens with zero attached hydrogens (tertiary/aromatic N) is 2. The Bertz CT molecular complexity index is 1120. The van der Waals surface area contributed by atoms with Gasteiger partial charge in [-0.25, -0.2) is 4.79 Å². The van der Waals surface area contributed by atoms with Gasteiger partial charge in [0.05, 0.1) is 5.56 Å². The molecule has 236 valence electrons. The molecule has 5 nitrogen and oxygen atoms in total. The molecule has 3 fully saturated rings. The molecule has 3 aliphatic rings. The van der Waals surface area contributed by atoms with Crippen LogP contribution in [0.25, 0.3) is 0 Å². The Morgan fingerprint density at radius 1 is 0.905 bits per heavy atom. The summed E-state index contributed by atoms with van der Waals surface area (Å²) in [5.41, 5.74) is 0.327. The predicted octanol–water partition coefficient (Wildman–Crippen LogP) is 7.49. The lowest BCUT2D eigenvalue weighted by atomic mass is 9.76. The van der Waals surface area contributed by atoms with Crippen LogP contribution in [0.3, 0.4) is 0 Å². The van der Waals surface area contributed by atoms with Gasteiger partial charge in [-0.3, -0.25) is 9.69 Å². The van der Waals surface area contributed by atoms with Gasteiger partial charge >= 0.3 is 24.6 Å². The normalized spacial score (nSPS) is 23.9. The minimum Gasteiger partial charge on any atom is -0.426 e. The van der Waals surface area contributed by atoms with Gasteiger partial charge in [-0.15, -0.1) is 0 Å². The van der Waals surface area contributed by atoms with E-state index in [1.54, 1.807) is 0 Å². The Hall–Kier alpha value is -2.51. The number of carbonyl (C=O) groups excluding carboxylic acids is 2. The van der Waals surface area contributed by atoms with Crippen molar-refractivity contribution in [3.63, 3.8) is 0 Å². The van der Waals surface area contributed by atoms with Crippen molar-refractivity contribution in [1.29, 1.82) is 0 Å². The van der Waals surface area contributed by atoms with Gasteiger partial charge in [0, 0.05) is 32.1 Å². The first-order valence-electron chi connectivity index (χ1n) is 13.9. The summed E-state index contributed by atoms with van der Waals surface area (Å²) in [5, 5.41) is 0. The molecule has 1 aromatic rings. The van der Waals surface area contributed by atoms with E-state index in [4.69, 9.17) is 0 Å². The van der Waals surface area contributed by atoms with Crippen molar-refractivity contribution in [2.45, 2.75) is 89.0 Å². The number of benzene rings is 1. The minimum absolute atomic E-state index is 0.0694. The first-order valence-corrected chi connectivity index (χ1v) is 13.9. The quantitative estimate of drug-likeness (QED) is 0.322. The maximum Gasteiger partial charge on any atom is 0.434 e. The highest BCUT2D eigenvalue weighted by Crippen LogP contribution is 2.44. The van der Waals surface area contributed by atoms with Gasteiger partial charge in [0.1, 0.15) is 5.78 Å². The number of Topliss-reactive ketones (excluding diaryl/α,β-unsaturated/α-hetero) is 1. The molecule has 1 saturated carbocycles. The molecule has 0 N–H and O–H groups in total. The first-order chi connectivity index (χ1) is 19.4. The topological polar surface area (TPSA) is 49.9 Å². The molecule has 2 aliphatic heterocycles. The Labute approximate surface area is 237 Å². The van der Waals surface area contributed by atoms with Gasteiger partial charge in [0.25, 0.3) is 6.10 Å². The van der Waals surface area contributed by atoms with E-state index >= 15 is 0 Å². The summed E-state index contributed by atoms with van der Waals surface area (Å²) in [4.78, 5) is 26.9. The van der Waals surface area contributed by atoms with Crippen LogP contribution < -0.4 is 0 Å². The summed E-state index contributed by atoms with van der Waals surface area (Å²) in [7, 11) is 0. The van der Waals surface area contributed by atoms with Crippen molar-refractivity contribution in [2.24, 2.45) is 11.3 Å². The molecule has 0 unspecified atom stereocenters. The molecule has 0 atom stereocenters. The third kappa shape index (κ3) is 7.52. The maximum absolute atomic E-state index is 13.5. The van der Waals surface area contributed by atoms with Crippen LogP contribution in [0.2, 0.25) is 0 Å². The van der Waals surface area contributed by atoms with E-state index < -0.39 is 36.3 Å². The second kappa shape index (κ2) is 11.9. The Morgan fingerprint density at radius 2 is 1.48 bits per heavy atom. The summed E-state index contributed by atoms with van der Waals surface area (Å²) in [6.07, 6.45) is -18.1. The van der Waals surface area contributed by atoms with Gasteiger partial charge in [-0.05, 0) is 93.0 Å². The number of hydrogen-bond donors (Lipinski definition) is 0. The highest BCUT2D eigenvalue weighted by molar-refractivity contribution is 5.78. The summed E-state index contributed by atoms with van der Waals surface area (Å²) in [6, 6.07) is 3.76. The zero-order valence-electron chi connectivity index (χ0n) is 23.0. The van der Waals surface area contributed by atoms with Gasteiger partial charge in [-0.1, -0.05) is 6.07 Å². The van der Waals surface area contributed by atoms with E-state index in [1.807, 2.05) is 0 Å². The standard InChI is InChI=1S/C28H33F9N2O3/c1-17(40)18-2-4-19(5-3-18)22-14-21(26(29,30)31)7-6-20(22)15-38-11-8-25(16-38)9-12-39(13-10-25)24(41)42-23(27(32,33)34)28(35,36)37/h6-7,14,18-19,23H,2-5,8-13,15-16H2,1H3. The summed E-state index contributed by atoms with van der Waals surface area (Å²) >= 11 is 0. The lowest BCUT2D eigenvalue weighted by Crippen LogP contribution is -2.50. The molecule has 4 rings (SSSR count). The monoisotopic (exact) mass is 616 g/mol. The fourth-order valence-corrected chi connectivity index (χ4v) is 6.58. The van der Waals surface area contributed by atoms with Crippen molar-refractivity contribution in [3.8, 4) is 0 Å². The zero-order valence-corrected chi connectivity index (χ0v) is 23.0. The van der Waals surface area contributed by atoms with E-state index in [0.717, 1.165) is 16.5 Å². The van der Waals surface area contributed by atoms with Crippen LogP contribution in [0.15, 0.2) is 18.2 Å². The molecule has 1 amide bonds. The number of rotatable bonds is 5. The van der Waals surface area contributed by atoms with Crippen LogP contribution in [0.1, 0.15) is 74.5 Å². The number of halogens is 9. The number of ether oxygens (including phenoxy) is 1. The number of amides is 1. The number of alkyl halides is 9. The molecule has 42 heavy (non-hydrogen) atoms. The van der Waals surface area contributed by atoms with E-state index in [2.05, 4.69) is 9.64 Å². The van der Waals surface area contributed by atoms with Crippen molar-refractivity contribution in [3.05, 3.63) is 34.9 Å². The van der Waals surface area contributed by atoms with E-state index in [1.165, 1.54) is 19.1 Å². The average molecular weight is 617 g/mol. The maximum atomic E-state index is 13.5. The van der Waals surface area contributed by atoms with Gasteiger partial charge in [0.15, 0.2) is 0 Å². The van der Waals surface area contributed by atoms with Crippen molar-refractivity contribution in [1.82, 2.24) is 9.80 Å². The largest absolute Gasteiger partial charge is 0.434 e. The Kier molecular flexibility index (Phi) is 9.16. The summed E-state index contributed by atoms with van der Waals surface area (Å²) in [6.45, 7) is 2.90. The molecule has 0 aromatic heterocycles. The molecule has 2 saturated heterocycles. The lowest BCUT2D eigenvalue weighted by molar-refractivity contribution is -0.308. The first kappa shape index (κ1) is 32.4. The second-order valence-electron chi connectivity index (χ2n) is 11.9. The van der Waals surface area contributed by atoms with E-state index in [0.29, 0.717) is 70.1 Å². The number of hydrogen-bond acceptors (Lipinski definition) is 4. The predicted molar refractivity (Wildman–Crippen MR) is 132 cm³/mol. The van der Waals surface area contributed by atoms with Gasteiger partial charge in [0.2, 0.25) is 0 Å². The van der Waals surface area contributed by atoms with Crippen LogP contribution in [-0.4, -0.2) is 66.3 Å². The van der Waals surface area contributed by atoms with Crippen LogP contribution in [0.5, 0.6) is 0 Å². The molecule has 1 spiro atoms. The average Bonchev–Trinajstić information content (AvgIpc) is 3.27. The van der Waals surface area contributed by atoms with Crippen LogP contribution in [-0.2, 0) is 22.3 Å². The van der Waals surface area contributed by atoms with Crippen LogP contribution in [0.4, 0.5) is 44.3 Å². The lowest BCUT2D eigenvalue weighted by Gasteiger charge is -2.39. The highest BCUT2D eigenvalue weighted by atomic mass is 19.4. The molecule has 1 aromatic carbocycles.